The van der Waals surface area contributed by atoms with Crippen LogP contribution in [0.4, 0.5) is 11.4 Å². The van der Waals surface area contributed by atoms with Crippen LogP contribution in [0.15, 0.2) is 22.7 Å². The number of benzene rings is 1. The molecule has 1 aliphatic heterocycles. The van der Waals surface area contributed by atoms with Crippen LogP contribution in [0.1, 0.15) is 25.7 Å². The third-order valence-corrected chi connectivity index (χ3v) is 5.03. The van der Waals surface area contributed by atoms with E-state index < -0.39 is 5.54 Å². The average Bonchev–Trinajstić information content (AvgIpc) is 3.29. The highest BCUT2D eigenvalue weighted by Gasteiger charge is 2.62. The third kappa shape index (κ3) is 1.53. The standard InChI is InChI=1S/C15H15BrN2O2/c1-17-11-5-4-10(16)8-12(11)18(13(19)9-2-3-9)15(6-7-15)14(17)20/h4-5,8-9H,2-3,6-7H2,1H3. The fourth-order valence-electron chi connectivity index (χ4n) is 3.11. The zero-order valence-corrected chi connectivity index (χ0v) is 12.8. The zero-order chi connectivity index (χ0) is 14.1. The molecule has 2 aliphatic carbocycles. The molecule has 0 radical (unpaired) electrons. The van der Waals surface area contributed by atoms with E-state index in [0.717, 1.165) is 41.5 Å². The van der Waals surface area contributed by atoms with Gasteiger partial charge < -0.3 is 4.90 Å². The fraction of sp³-hybridized carbons (Fsp3) is 0.467. The highest BCUT2D eigenvalue weighted by molar-refractivity contribution is 9.10. The number of carbonyl (C=O) groups excluding carboxylic acids is 2. The minimum atomic E-state index is -0.595. The summed E-state index contributed by atoms with van der Waals surface area (Å²) in [5, 5.41) is 0. The smallest absolute Gasteiger partial charge is 0.253 e. The van der Waals surface area contributed by atoms with E-state index in [1.54, 1.807) is 16.8 Å². The van der Waals surface area contributed by atoms with Crippen molar-refractivity contribution >= 4 is 39.1 Å². The zero-order valence-electron chi connectivity index (χ0n) is 11.2. The fourth-order valence-corrected chi connectivity index (χ4v) is 3.45. The van der Waals surface area contributed by atoms with Gasteiger partial charge in [0.15, 0.2) is 0 Å². The minimum absolute atomic E-state index is 0.0568. The van der Waals surface area contributed by atoms with E-state index in [9.17, 15) is 9.59 Å². The molecule has 0 bridgehead atoms. The monoisotopic (exact) mass is 334 g/mol. The summed E-state index contributed by atoms with van der Waals surface area (Å²) in [4.78, 5) is 28.8. The van der Waals surface area contributed by atoms with E-state index in [1.165, 1.54) is 0 Å². The van der Waals surface area contributed by atoms with E-state index in [0.29, 0.717) is 0 Å². The number of fused-ring (bicyclic) bond motifs is 1. The Bertz CT molecular complexity index is 635. The van der Waals surface area contributed by atoms with E-state index in [4.69, 9.17) is 0 Å². The van der Waals surface area contributed by atoms with Gasteiger partial charge in [-0.15, -0.1) is 0 Å². The summed E-state index contributed by atoms with van der Waals surface area (Å²) in [7, 11) is 1.80. The predicted molar refractivity (Wildman–Crippen MR) is 79.7 cm³/mol. The molecule has 20 heavy (non-hydrogen) atoms. The number of likely N-dealkylation sites (N-methyl/N-ethyl adjacent to an activating group) is 1. The van der Waals surface area contributed by atoms with Crippen molar-refractivity contribution in [2.24, 2.45) is 5.92 Å². The van der Waals surface area contributed by atoms with E-state index in [1.807, 2.05) is 18.2 Å². The Hall–Kier alpha value is -1.36. The van der Waals surface area contributed by atoms with E-state index in [2.05, 4.69) is 15.9 Å². The van der Waals surface area contributed by atoms with Crippen molar-refractivity contribution in [1.82, 2.24) is 0 Å². The molecule has 4 rings (SSSR count). The Morgan fingerprint density at radius 1 is 1.30 bits per heavy atom. The first-order valence-electron chi connectivity index (χ1n) is 6.96. The minimum Gasteiger partial charge on any atom is -0.311 e. The molecule has 1 aromatic rings. The summed E-state index contributed by atoms with van der Waals surface area (Å²) >= 11 is 3.47. The highest BCUT2D eigenvalue weighted by atomic mass is 79.9. The maximum Gasteiger partial charge on any atom is 0.253 e. The Morgan fingerprint density at radius 2 is 2.00 bits per heavy atom. The molecule has 1 spiro atoms. The molecule has 1 aromatic carbocycles. The molecule has 0 unspecified atom stereocenters. The van der Waals surface area contributed by atoms with Crippen LogP contribution < -0.4 is 9.80 Å². The van der Waals surface area contributed by atoms with Crippen LogP contribution in [0.25, 0.3) is 0 Å². The van der Waals surface area contributed by atoms with Gasteiger partial charge in [0.2, 0.25) is 5.91 Å². The molecule has 0 aromatic heterocycles. The number of carbonyl (C=O) groups is 2. The Kier molecular flexibility index (Phi) is 2.38. The number of nitrogens with zero attached hydrogens (tertiary/aromatic N) is 2. The first-order chi connectivity index (χ1) is 9.54. The summed E-state index contributed by atoms with van der Waals surface area (Å²) < 4.78 is 0.934. The lowest BCUT2D eigenvalue weighted by molar-refractivity contribution is -0.126. The second-order valence-corrected chi connectivity index (χ2v) is 6.89. The van der Waals surface area contributed by atoms with Crippen LogP contribution in [-0.4, -0.2) is 24.4 Å². The number of rotatable bonds is 1. The van der Waals surface area contributed by atoms with Gasteiger partial charge in [0.1, 0.15) is 5.54 Å². The van der Waals surface area contributed by atoms with E-state index >= 15 is 0 Å². The molecule has 0 saturated heterocycles. The van der Waals surface area contributed by atoms with Gasteiger partial charge in [0.05, 0.1) is 11.4 Å². The van der Waals surface area contributed by atoms with Gasteiger partial charge in [0.25, 0.3) is 5.91 Å². The maximum absolute atomic E-state index is 12.7. The maximum atomic E-state index is 12.7. The largest absolute Gasteiger partial charge is 0.311 e. The van der Waals surface area contributed by atoms with Gasteiger partial charge in [-0.05, 0) is 43.9 Å². The molecule has 104 valence electrons. The molecule has 4 nitrogen and oxygen atoms in total. The van der Waals surface area contributed by atoms with Gasteiger partial charge in [-0.1, -0.05) is 15.9 Å². The van der Waals surface area contributed by atoms with Crippen molar-refractivity contribution in [3.63, 3.8) is 0 Å². The van der Waals surface area contributed by atoms with Gasteiger partial charge >= 0.3 is 0 Å². The van der Waals surface area contributed by atoms with Crippen LogP contribution in [0.3, 0.4) is 0 Å². The average molecular weight is 335 g/mol. The molecule has 2 amide bonds. The van der Waals surface area contributed by atoms with Crippen molar-refractivity contribution in [2.75, 3.05) is 16.8 Å². The summed E-state index contributed by atoms with van der Waals surface area (Å²) in [5.41, 5.74) is 1.10. The molecule has 3 aliphatic rings. The molecule has 2 fully saturated rings. The number of anilines is 2. The lowest BCUT2D eigenvalue weighted by Crippen LogP contribution is -2.57. The van der Waals surface area contributed by atoms with Gasteiger partial charge in [0, 0.05) is 17.4 Å². The quantitative estimate of drug-likeness (QED) is 0.792. The topological polar surface area (TPSA) is 40.6 Å². The Balaban J connectivity index is 1.90. The van der Waals surface area contributed by atoms with Crippen LogP contribution in [0.2, 0.25) is 0 Å². The Labute approximate surface area is 125 Å². The predicted octanol–water partition coefficient (Wildman–Crippen LogP) is 2.70. The number of hydrogen-bond donors (Lipinski definition) is 0. The number of halogens is 1. The van der Waals surface area contributed by atoms with Crippen LogP contribution in [0.5, 0.6) is 0 Å². The molecular weight excluding hydrogens is 320 g/mol. The van der Waals surface area contributed by atoms with Crippen molar-refractivity contribution in [3.05, 3.63) is 22.7 Å². The van der Waals surface area contributed by atoms with E-state index in [-0.39, 0.29) is 17.7 Å². The molecule has 0 N–H and O–H groups in total. The molecule has 0 atom stereocenters. The molecule has 1 heterocycles. The third-order valence-electron chi connectivity index (χ3n) is 4.54. The van der Waals surface area contributed by atoms with Crippen LogP contribution >= 0.6 is 15.9 Å². The summed E-state index contributed by atoms with van der Waals surface area (Å²) in [6.07, 6.45) is 3.47. The van der Waals surface area contributed by atoms with Gasteiger partial charge in [-0.25, -0.2) is 0 Å². The van der Waals surface area contributed by atoms with Crippen molar-refractivity contribution in [3.8, 4) is 0 Å². The number of amides is 2. The van der Waals surface area contributed by atoms with Crippen LogP contribution in [-0.2, 0) is 9.59 Å². The number of hydrogen-bond acceptors (Lipinski definition) is 2. The van der Waals surface area contributed by atoms with Crippen molar-refractivity contribution in [1.29, 1.82) is 0 Å². The summed E-state index contributed by atoms with van der Waals surface area (Å²) in [6, 6.07) is 5.77. The second-order valence-electron chi connectivity index (χ2n) is 5.98. The van der Waals surface area contributed by atoms with Crippen molar-refractivity contribution in [2.45, 2.75) is 31.2 Å². The second kappa shape index (κ2) is 3.85. The first-order valence-corrected chi connectivity index (χ1v) is 7.76. The molecular formula is C15H15BrN2O2. The normalized spacial score (nSPS) is 23.0. The van der Waals surface area contributed by atoms with Gasteiger partial charge in [-0.2, -0.15) is 0 Å². The SMILES string of the molecule is CN1C(=O)C2(CC2)N(C(=O)C2CC2)c2cc(Br)ccc21. The first kappa shape index (κ1) is 12.4. The summed E-state index contributed by atoms with van der Waals surface area (Å²) in [5.74, 6) is 0.306. The summed E-state index contributed by atoms with van der Waals surface area (Å²) in [6.45, 7) is 0. The lowest BCUT2D eigenvalue weighted by Gasteiger charge is -2.41. The lowest BCUT2D eigenvalue weighted by atomic mass is 10.0. The van der Waals surface area contributed by atoms with Gasteiger partial charge in [-0.3, -0.25) is 14.5 Å². The highest BCUT2D eigenvalue weighted by Crippen LogP contribution is 2.54. The van der Waals surface area contributed by atoms with Crippen LogP contribution in [0, 0.1) is 5.92 Å². The van der Waals surface area contributed by atoms with Crippen molar-refractivity contribution < 1.29 is 9.59 Å². The molecule has 5 heteroatoms. The molecule has 2 saturated carbocycles. The Morgan fingerprint density at radius 3 is 2.60 bits per heavy atom.